The lowest BCUT2D eigenvalue weighted by Gasteiger charge is -2.37. The molecule has 2 aromatic rings. The van der Waals surface area contributed by atoms with E-state index in [1.165, 1.54) is 6.42 Å². The second-order valence-corrected chi connectivity index (χ2v) is 9.39. The van der Waals surface area contributed by atoms with Gasteiger partial charge in [-0.2, -0.15) is 0 Å². The molecule has 188 valence electrons. The van der Waals surface area contributed by atoms with Crippen molar-refractivity contribution >= 4 is 5.91 Å². The summed E-state index contributed by atoms with van der Waals surface area (Å²) in [6.45, 7) is 5.57. The highest BCUT2D eigenvalue weighted by atomic mass is 16.7. The third-order valence-corrected chi connectivity index (χ3v) is 7.09. The van der Waals surface area contributed by atoms with Crippen molar-refractivity contribution in [1.82, 2.24) is 9.80 Å². The summed E-state index contributed by atoms with van der Waals surface area (Å²) in [7, 11) is 3.25. The molecule has 2 aromatic carbocycles. The minimum absolute atomic E-state index is 0.116. The Morgan fingerprint density at radius 1 is 1.03 bits per heavy atom. The van der Waals surface area contributed by atoms with Crippen LogP contribution in [0.5, 0.6) is 28.7 Å². The Balaban J connectivity index is 1.09. The highest BCUT2D eigenvalue weighted by Crippen LogP contribution is 2.37. The minimum atomic E-state index is 0.116. The van der Waals surface area contributed by atoms with Gasteiger partial charge in [0.05, 0.1) is 20.8 Å². The van der Waals surface area contributed by atoms with Crippen LogP contribution < -0.4 is 23.7 Å². The van der Waals surface area contributed by atoms with Gasteiger partial charge in [0.15, 0.2) is 23.0 Å². The monoisotopic (exact) mass is 482 g/mol. The average molecular weight is 483 g/mol. The fourth-order valence-corrected chi connectivity index (χ4v) is 5.29. The average Bonchev–Trinajstić information content (AvgIpc) is 3.35. The molecule has 0 saturated carbocycles. The number of piperidine rings is 1. The Kier molecular flexibility index (Phi) is 7.18. The summed E-state index contributed by atoms with van der Waals surface area (Å²) in [4.78, 5) is 17.7. The van der Waals surface area contributed by atoms with E-state index < -0.39 is 0 Å². The SMILES string of the molecule is COc1ccc(OCCCN2CCCC(CN3CCc4cc5c(cc4C3=O)OCO5)C2)cc1OC. The van der Waals surface area contributed by atoms with Crippen LogP contribution in [-0.4, -0.2) is 76.1 Å². The Morgan fingerprint density at radius 3 is 2.69 bits per heavy atom. The number of amides is 1. The molecule has 5 rings (SSSR count). The summed E-state index contributed by atoms with van der Waals surface area (Å²) in [6.07, 6.45) is 4.14. The summed E-state index contributed by atoms with van der Waals surface area (Å²) in [5.41, 5.74) is 1.83. The third kappa shape index (κ3) is 5.27. The first-order valence-electron chi connectivity index (χ1n) is 12.4. The lowest BCUT2D eigenvalue weighted by Crippen LogP contribution is -2.45. The normalized spacial score (nSPS) is 19.4. The Labute approximate surface area is 206 Å². The smallest absolute Gasteiger partial charge is 0.254 e. The van der Waals surface area contributed by atoms with E-state index in [0.29, 0.717) is 29.8 Å². The Bertz CT molecular complexity index is 1060. The predicted molar refractivity (Wildman–Crippen MR) is 131 cm³/mol. The molecule has 3 aliphatic rings. The van der Waals surface area contributed by atoms with Crippen LogP contribution in [0.25, 0.3) is 0 Å². The molecule has 1 atom stereocenters. The second kappa shape index (κ2) is 10.6. The van der Waals surface area contributed by atoms with Crippen LogP contribution in [0.15, 0.2) is 30.3 Å². The second-order valence-electron chi connectivity index (χ2n) is 9.39. The number of nitrogens with zero attached hydrogens (tertiary/aromatic N) is 2. The van der Waals surface area contributed by atoms with E-state index in [9.17, 15) is 4.79 Å². The van der Waals surface area contributed by atoms with Crippen molar-refractivity contribution in [3.05, 3.63) is 41.5 Å². The first kappa shape index (κ1) is 23.6. The van der Waals surface area contributed by atoms with Crippen LogP contribution in [0.4, 0.5) is 0 Å². The molecular weight excluding hydrogens is 448 g/mol. The van der Waals surface area contributed by atoms with Crippen molar-refractivity contribution in [2.75, 3.05) is 60.3 Å². The van der Waals surface area contributed by atoms with Gasteiger partial charge >= 0.3 is 0 Å². The van der Waals surface area contributed by atoms with E-state index >= 15 is 0 Å². The molecular formula is C27H34N2O6. The summed E-state index contributed by atoms with van der Waals surface area (Å²) < 4.78 is 27.5. The summed E-state index contributed by atoms with van der Waals surface area (Å²) in [6, 6.07) is 9.45. The molecule has 35 heavy (non-hydrogen) atoms. The molecule has 0 radical (unpaired) electrons. The van der Waals surface area contributed by atoms with Gasteiger partial charge in [0.2, 0.25) is 6.79 Å². The van der Waals surface area contributed by atoms with Crippen LogP contribution in [0.2, 0.25) is 0 Å². The van der Waals surface area contributed by atoms with Gasteiger partial charge in [-0.3, -0.25) is 4.79 Å². The van der Waals surface area contributed by atoms with Crippen molar-refractivity contribution in [3.63, 3.8) is 0 Å². The Hall–Kier alpha value is -3.13. The summed E-state index contributed by atoms with van der Waals surface area (Å²) >= 11 is 0. The van der Waals surface area contributed by atoms with Gasteiger partial charge in [-0.15, -0.1) is 0 Å². The molecule has 0 bridgehead atoms. The molecule has 1 unspecified atom stereocenters. The van der Waals surface area contributed by atoms with Crippen molar-refractivity contribution < 1.29 is 28.5 Å². The number of rotatable bonds is 9. The zero-order valence-corrected chi connectivity index (χ0v) is 20.6. The fraction of sp³-hybridized carbons (Fsp3) is 0.519. The number of ether oxygens (including phenoxy) is 5. The van der Waals surface area contributed by atoms with E-state index in [-0.39, 0.29) is 12.7 Å². The molecule has 0 N–H and O–H groups in total. The van der Waals surface area contributed by atoms with Gasteiger partial charge < -0.3 is 33.5 Å². The summed E-state index contributed by atoms with van der Waals surface area (Å²) in [5, 5.41) is 0. The maximum Gasteiger partial charge on any atom is 0.254 e. The Morgan fingerprint density at radius 2 is 1.86 bits per heavy atom. The molecule has 0 aliphatic carbocycles. The van der Waals surface area contributed by atoms with Crippen molar-refractivity contribution in [3.8, 4) is 28.7 Å². The fourth-order valence-electron chi connectivity index (χ4n) is 5.29. The molecule has 0 aromatic heterocycles. The number of carbonyl (C=O) groups is 1. The van der Waals surface area contributed by atoms with Crippen molar-refractivity contribution in [2.45, 2.75) is 25.7 Å². The first-order valence-corrected chi connectivity index (χ1v) is 12.4. The number of fused-ring (bicyclic) bond motifs is 2. The van der Waals surface area contributed by atoms with Gasteiger partial charge in [-0.25, -0.2) is 0 Å². The van der Waals surface area contributed by atoms with Gasteiger partial charge in [0, 0.05) is 37.8 Å². The van der Waals surface area contributed by atoms with Gasteiger partial charge in [0.1, 0.15) is 5.75 Å². The molecule has 3 aliphatic heterocycles. The number of methoxy groups -OCH3 is 2. The molecule has 1 saturated heterocycles. The minimum Gasteiger partial charge on any atom is -0.493 e. The van der Waals surface area contributed by atoms with E-state index in [1.807, 2.05) is 35.2 Å². The molecule has 0 spiro atoms. The van der Waals surface area contributed by atoms with E-state index in [0.717, 1.165) is 74.6 Å². The van der Waals surface area contributed by atoms with Gasteiger partial charge in [-0.1, -0.05) is 0 Å². The topological polar surface area (TPSA) is 69.7 Å². The number of benzene rings is 2. The summed E-state index contributed by atoms with van der Waals surface area (Å²) in [5.74, 6) is 4.19. The number of hydrogen-bond acceptors (Lipinski definition) is 7. The van der Waals surface area contributed by atoms with Crippen LogP contribution >= 0.6 is 0 Å². The van der Waals surface area contributed by atoms with Crippen molar-refractivity contribution in [1.29, 1.82) is 0 Å². The largest absolute Gasteiger partial charge is 0.493 e. The van der Waals surface area contributed by atoms with E-state index in [1.54, 1.807) is 14.2 Å². The molecule has 1 amide bonds. The molecule has 8 heteroatoms. The van der Waals surface area contributed by atoms with Crippen LogP contribution in [0.3, 0.4) is 0 Å². The predicted octanol–water partition coefficient (Wildman–Crippen LogP) is 3.61. The highest BCUT2D eigenvalue weighted by Gasteiger charge is 2.30. The van der Waals surface area contributed by atoms with Crippen LogP contribution in [0.1, 0.15) is 35.2 Å². The molecule has 3 heterocycles. The van der Waals surface area contributed by atoms with Gasteiger partial charge in [-0.05, 0) is 68.0 Å². The quantitative estimate of drug-likeness (QED) is 0.506. The highest BCUT2D eigenvalue weighted by molar-refractivity contribution is 5.97. The maximum absolute atomic E-state index is 13.2. The maximum atomic E-state index is 13.2. The van der Waals surface area contributed by atoms with Crippen molar-refractivity contribution in [2.24, 2.45) is 5.92 Å². The molecule has 8 nitrogen and oxygen atoms in total. The number of carbonyl (C=O) groups excluding carboxylic acids is 1. The number of likely N-dealkylation sites (tertiary alicyclic amines) is 1. The lowest BCUT2D eigenvalue weighted by molar-refractivity contribution is 0.0658. The van der Waals surface area contributed by atoms with Gasteiger partial charge in [0.25, 0.3) is 5.91 Å². The van der Waals surface area contributed by atoms with Crippen LogP contribution in [0, 0.1) is 5.92 Å². The first-order chi connectivity index (χ1) is 17.1. The van der Waals surface area contributed by atoms with E-state index in [2.05, 4.69) is 4.90 Å². The zero-order chi connectivity index (χ0) is 24.2. The standard InChI is InChI=1S/C27H34N2O6/c1-31-23-7-6-21(14-24(23)32-2)33-12-4-10-28-9-3-5-19(16-28)17-29-11-8-20-13-25-26(35-18-34-25)15-22(20)27(29)30/h6-7,13-15,19H,3-5,8-12,16-18H2,1-2H3. The number of hydrogen-bond donors (Lipinski definition) is 0. The molecule has 1 fully saturated rings. The third-order valence-electron chi connectivity index (χ3n) is 7.09. The zero-order valence-electron chi connectivity index (χ0n) is 20.6. The van der Waals surface area contributed by atoms with E-state index in [4.69, 9.17) is 23.7 Å². The lowest BCUT2D eigenvalue weighted by atomic mass is 9.94. The van der Waals surface area contributed by atoms with Crippen LogP contribution in [-0.2, 0) is 6.42 Å².